The Morgan fingerprint density at radius 1 is 1.32 bits per heavy atom. The lowest BCUT2D eigenvalue weighted by molar-refractivity contribution is -0.153. The fraction of sp³-hybridized carbons (Fsp3) is 0.562. The quantitative estimate of drug-likeness (QED) is 0.834. The molecular weight excluding hydrogens is 238 g/mol. The molecule has 1 aliphatic carbocycles. The third-order valence-electron chi connectivity index (χ3n) is 4.22. The number of ether oxygens (including phenoxy) is 2. The molecule has 1 spiro atoms. The first-order chi connectivity index (χ1) is 9.30. The topological polar surface area (TPSA) is 42.2 Å². The zero-order valence-electron chi connectivity index (χ0n) is 11.1. The Kier molecular flexibility index (Phi) is 3.44. The fourth-order valence-electron chi connectivity index (χ4n) is 2.97. The Morgan fingerprint density at radius 2 is 2.11 bits per heavy atom. The summed E-state index contributed by atoms with van der Waals surface area (Å²) in [6, 6.07) is 10.0. The summed E-state index contributed by atoms with van der Waals surface area (Å²) >= 11 is 0. The minimum atomic E-state index is 0.129. The molecule has 1 heterocycles. The molecule has 1 saturated carbocycles. The average molecular weight is 257 g/mol. The monoisotopic (exact) mass is 257 g/mol. The van der Waals surface area contributed by atoms with Gasteiger partial charge in [0.05, 0.1) is 24.7 Å². The minimum absolute atomic E-state index is 0.129. The molecule has 1 aliphatic heterocycles. The second-order valence-corrected chi connectivity index (χ2v) is 5.60. The molecule has 3 rings (SSSR count). The smallest absolute Gasteiger partial charge is 0.119 e. The fourth-order valence-corrected chi connectivity index (χ4v) is 2.97. The molecule has 1 aromatic carbocycles. The van der Waals surface area contributed by atoms with Crippen LogP contribution in [0, 0.1) is 11.3 Å². The number of hydrogen-bond acceptors (Lipinski definition) is 3. The van der Waals surface area contributed by atoms with E-state index in [1.165, 1.54) is 19.3 Å². The van der Waals surface area contributed by atoms with Crippen LogP contribution in [0.4, 0.5) is 0 Å². The van der Waals surface area contributed by atoms with Crippen LogP contribution in [-0.4, -0.2) is 18.3 Å². The Balaban J connectivity index is 1.60. The van der Waals surface area contributed by atoms with Crippen LogP contribution in [-0.2, 0) is 11.2 Å². The number of nitrogens with zero attached hydrogens (tertiary/aromatic N) is 1. The molecule has 0 bridgehead atoms. The molecule has 0 radical (unpaired) electrons. The predicted octanol–water partition coefficient (Wildman–Crippen LogP) is 3.23. The Morgan fingerprint density at radius 3 is 2.74 bits per heavy atom. The predicted molar refractivity (Wildman–Crippen MR) is 71.9 cm³/mol. The Hall–Kier alpha value is -1.53. The van der Waals surface area contributed by atoms with Crippen molar-refractivity contribution in [2.45, 2.75) is 50.2 Å². The summed E-state index contributed by atoms with van der Waals surface area (Å²) in [5.74, 6) is 0.906. The maximum Gasteiger partial charge on any atom is 0.119 e. The molecule has 0 amide bonds. The van der Waals surface area contributed by atoms with E-state index in [-0.39, 0.29) is 11.7 Å². The van der Waals surface area contributed by atoms with Crippen LogP contribution in [0.2, 0.25) is 0 Å². The van der Waals surface area contributed by atoms with Crippen LogP contribution < -0.4 is 4.74 Å². The lowest BCUT2D eigenvalue weighted by Gasteiger charge is -2.46. The van der Waals surface area contributed by atoms with Crippen LogP contribution >= 0.6 is 0 Å². The summed E-state index contributed by atoms with van der Waals surface area (Å²) in [7, 11) is 0. The second-order valence-electron chi connectivity index (χ2n) is 5.60. The molecule has 1 saturated heterocycles. The van der Waals surface area contributed by atoms with Crippen molar-refractivity contribution < 1.29 is 9.47 Å². The first-order valence-corrected chi connectivity index (χ1v) is 7.06. The average Bonchev–Trinajstić information content (AvgIpc) is 2.40. The molecule has 1 atom stereocenters. The van der Waals surface area contributed by atoms with Gasteiger partial charge in [-0.2, -0.15) is 5.26 Å². The molecule has 3 nitrogen and oxygen atoms in total. The molecule has 19 heavy (non-hydrogen) atoms. The number of benzene rings is 1. The molecule has 1 aromatic rings. The lowest BCUT2D eigenvalue weighted by atomic mass is 9.74. The molecule has 3 heteroatoms. The van der Waals surface area contributed by atoms with E-state index in [1.54, 1.807) is 0 Å². The Bertz CT molecular complexity index is 471. The van der Waals surface area contributed by atoms with Crippen molar-refractivity contribution in [1.82, 2.24) is 0 Å². The van der Waals surface area contributed by atoms with Crippen molar-refractivity contribution in [3.8, 4) is 11.8 Å². The zero-order chi connectivity index (χ0) is 13.1. The third kappa shape index (κ3) is 2.74. The van der Waals surface area contributed by atoms with Gasteiger partial charge in [0.15, 0.2) is 0 Å². The van der Waals surface area contributed by atoms with E-state index in [0.29, 0.717) is 6.42 Å². The minimum Gasteiger partial charge on any atom is -0.490 e. The van der Waals surface area contributed by atoms with Gasteiger partial charge in [-0.05, 0) is 37.0 Å². The molecule has 100 valence electrons. The van der Waals surface area contributed by atoms with Crippen molar-refractivity contribution in [3.05, 3.63) is 29.8 Å². The molecule has 1 unspecified atom stereocenters. The molecule has 2 fully saturated rings. The van der Waals surface area contributed by atoms with Gasteiger partial charge in [-0.1, -0.05) is 12.1 Å². The summed E-state index contributed by atoms with van der Waals surface area (Å²) in [5, 5.41) is 8.65. The van der Waals surface area contributed by atoms with E-state index in [1.807, 2.05) is 24.3 Å². The molecule has 0 N–H and O–H groups in total. The van der Waals surface area contributed by atoms with Crippen LogP contribution in [0.25, 0.3) is 0 Å². The van der Waals surface area contributed by atoms with Crippen molar-refractivity contribution in [1.29, 1.82) is 5.26 Å². The van der Waals surface area contributed by atoms with Gasteiger partial charge in [-0.3, -0.25) is 0 Å². The maximum atomic E-state index is 8.65. The summed E-state index contributed by atoms with van der Waals surface area (Å²) in [6.45, 7) is 0.817. The van der Waals surface area contributed by atoms with E-state index in [4.69, 9.17) is 14.7 Å². The van der Waals surface area contributed by atoms with Gasteiger partial charge < -0.3 is 9.47 Å². The highest BCUT2D eigenvalue weighted by molar-refractivity contribution is 5.29. The number of nitriles is 1. The summed E-state index contributed by atoms with van der Waals surface area (Å²) in [6.07, 6.45) is 6.39. The van der Waals surface area contributed by atoms with E-state index >= 15 is 0 Å². The van der Waals surface area contributed by atoms with Crippen LogP contribution in [0.5, 0.6) is 5.75 Å². The van der Waals surface area contributed by atoms with Crippen molar-refractivity contribution in [3.63, 3.8) is 0 Å². The number of hydrogen-bond donors (Lipinski definition) is 0. The van der Waals surface area contributed by atoms with Gasteiger partial charge in [0.2, 0.25) is 0 Å². The summed E-state index contributed by atoms with van der Waals surface area (Å²) in [4.78, 5) is 0. The van der Waals surface area contributed by atoms with Crippen molar-refractivity contribution >= 4 is 0 Å². The SMILES string of the molecule is N#CCc1ccc(OC2CCOC3(CCC3)C2)cc1. The normalized spacial score (nSPS) is 24.5. The largest absolute Gasteiger partial charge is 0.490 e. The molecular formula is C16H19NO2. The highest BCUT2D eigenvalue weighted by Crippen LogP contribution is 2.43. The highest BCUT2D eigenvalue weighted by atomic mass is 16.5. The van der Waals surface area contributed by atoms with Crippen molar-refractivity contribution in [2.75, 3.05) is 6.61 Å². The van der Waals surface area contributed by atoms with Gasteiger partial charge in [0.25, 0.3) is 0 Å². The maximum absolute atomic E-state index is 8.65. The van der Waals surface area contributed by atoms with E-state index in [0.717, 1.165) is 30.8 Å². The third-order valence-corrected chi connectivity index (χ3v) is 4.22. The number of rotatable bonds is 3. The molecule has 2 aliphatic rings. The second kappa shape index (κ2) is 5.22. The standard InChI is InChI=1S/C16H19NO2/c17-10-6-13-2-4-14(5-3-13)19-15-7-11-18-16(12-15)8-1-9-16/h2-5,15H,1,6-9,11-12H2. The first-order valence-electron chi connectivity index (χ1n) is 7.06. The first kappa shape index (κ1) is 12.5. The van der Waals surface area contributed by atoms with Gasteiger partial charge in [-0.15, -0.1) is 0 Å². The van der Waals surface area contributed by atoms with E-state index in [9.17, 15) is 0 Å². The highest BCUT2D eigenvalue weighted by Gasteiger charge is 2.43. The lowest BCUT2D eigenvalue weighted by Crippen LogP contribution is -2.48. The Labute approximate surface area is 114 Å². The summed E-state index contributed by atoms with van der Waals surface area (Å²) < 4.78 is 12.0. The summed E-state index contributed by atoms with van der Waals surface area (Å²) in [5.41, 5.74) is 1.17. The van der Waals surface area contributed by atoms with E-state index < -0.39 is 0 Å². The van der Waals surface area contributed by atoms with Crippen LogP contribution in [0.1, 0.15) is 37.7 Å². The van der Waals surface area contributed by atoms with Crippen LogP contribution in [0.3, 0.4) is 0 Å². The van der Waals surface area contributed by atoms with E-state index in [2.05, 4.69) is 6.07 Å². The van der Waals surface area contributed by atoms with Gasteiger partial charge in [-0.25, -0.2) is 0 Å². The zero-order valence-corrected chi connectivity index (χ0v) is 11.1. The van der Waals surface area contributed by atoms with Crippen LogP contribution in [0.15, 0.2) is 24.3 Å². The van der Waals surface area contributed by atoms with Gasteiger partial charge in [0.1, 0.15) is 11.9 Å². The molecule has 0 aromatic heterocycles. The van der Waals surface area contributed by atoms with Crippen molar-refractivity contribution in [2.24, 2.45) is 0 Å². The van der Waals surface area contributed by atoms with Gasteiger partial charge >= 0.3 is 0 Å². The van der Waals surface area contributed by atoms with Gasteiger partial charge in [0, 0.05) is 12.8 Å².